The van der Waals surface area contributed by atoms with Crippen molar-refractivity contribution in [1.82, 2.24) is 0 Å². The lowest BCUT2D eigenvalue weighted by Crippen LogP contribution is -2.64. The van der Waals surface area contributed by atoms with Gasteiger partial charge in [-0.3, -0.25) is 13.8 Å². The summed E-state index contributed by atoms with van der Waals surface area (Å²) in [6, 6.07) is 0. The quantitative estimate of drug-likeness (QED) is 0.0316. The van der Waals surface area contributed by atoms with E-state index in [2.05, 4.69) is 13.8 Å². The molecule has 13 heteroatoms. The van der Waals surface area contributed by atoms with Crippen molar-refractivity contribution in [2.24, 2.45) is 0 Å². The second kappa shape index (κ2) is 27.1. The van der Waals surface area contributed by atoms with Crippen LogP contribution in [-0.2, 0) is 27.9 Å². The third-order valence-electron chi connectivity index (χ3n) is 8.73. The van der Waals surface area contributed by atoms with Crippen LogP contribution in [0.1, 0.15) is 149 Å². The number of unbranched alkanes of at least 4 members (excludes halogenated alkanes) is 18. The van der Waals surface area contributed by atoms with Crippen molar-refractivity contribution in [2.45, 2.75) is 191 Å². The minimum absolute atomic E-state index is 0.0701. The van der Waals surface area contributed by atoms with Crippen molar-refractivity contribution in [3.8, 4) is 0 Å². The molecule has 280 valence electrons. The lowest BCUT2D eigenvalue weighted by atomic mass is 9.85. The zero-order chi connectivity index (χ0) is 34.9. The zero-order valence-corrected chi connectivity index (χ0v) is 30.0. The molecule has 0 spiro atoms. The van der Waals surface area contributed by atoms with E-state index in [9.17, 15) is 39.8 Å². The summed E-state index contributed by atoms with van der Waals surface area (Å²) in [6.07, 6.45) is 10.7. The summed E-state index contributed by atoms with van der Waals surface area (Å²) >= 11 is 0. The van der Waals surface area contributed by atoms with Crippen LogP contribution >= 0.6 is 7.82 Å². The van der Waals surface area contributed by atoms with E-state index in [1.54, 1.807) is 0 Å². The fourth-order valence-electron chi connectivity index (χ4n) is 5.71. The Hall–Kier alpha value is -0.660. The van der Waals surface area contributed by atoms with Gasteiger partial charge >= 0.3 is 13.8 Å². The Labute approximate surface area is 283 Å². The highest BCUT2D eigenvalue weighted by Gasteiger charge is 2.51. The van der Waals surface area contributed by atoms with E-state index in [0.717, 1.165) is 44.9 Å². The first-order valence-electron chi connectivity index (χ1n) is 18.4. The SMILES string of the molecule is CCCCCCCCCCCCCCCOCC(COP(=O)(O)OC1C(O)C(O)C(O)C(O)C1O)OC(=O)CCCCCCCCC. The highest BCUT2D eigenvalue weighted by atomic mass is 31.2. The molecule has 1 fully saturated rings. The molecule has 0 aliphatic heterocycles. The van der Waals surface area contributed by atoms with E-state index in [-0.39, 0.29) is 13.0 Å². The second-order valence-electron chi connectivity index (χ2n) is 13.1. The predicted octanol–water partition coefficient (Wildman–Crippen LogP) is 5.47. The van der Waals surface area contributed by atoms with Gasteiger partial charge in [-0.2, -0.15) is 0 Å². The van der Waals surface area contributed by atoms with Crippen molar-refractivity contribution < 1.29 is 58.3 Å². The smallest absolute Gasteiger partial charge is 0.457 e. The van der Waals surface area contributed by atoms with Crippen LogP contribution in [0.15, 0.2) is 0 Å². The van der Waals surface area contributed by atoms with Crippen LogP contribution in [0.4, 0.5) is 0 Å². The first-order valence-corrected chi connectivity index (χ1v) is 19.9. The summed E-state index contributed by atoms with van der Waals surface area (Å²) in [6.45, 7) is 4.18. The van der Waals surface area contributed by atoms with Crippen molar-refractivity contribution in [1.29, 1.82) is 0 Å². The van der Waals surface area contributed by atoms with Gasteiger partial charge in [-0.15, -0.1) is 0 Å². The molecule has 0 amide bonds. The zero-order valence-electron chi connectivity index (χ0n) is 29.1. The molecule has 0 radical (unpaired) electrons. The summed E-state index contributed by atoms with van der Waals surface area (Å²) in [7, 11) is -4.99. The van der Waals surface area contributed by atoms with Crippen LogP contribution in [0.3, 0.4) is 0 Å². The van der Waals surface area contributed by atoms with E-state index in [0.29, 0.717) is 13.0 Å². The Balaban J connectivity index is 2.46. The van der Waals surface area contributed by atoms with Gasteiger partial charge in [-0.1, -0.05) is 129 Å². The van der Waals surface area contributed by atoms with Gasteiger partial charge in [-0.05, 0) is 12.8 Å². The van der Waals surface area contributed by atoms with Crippen LogP contribution in [0.25, 0.3) is 0 Å². The molecule has 6 atom stereocenters. The van der Waals surface area contributed by atoms with Crippen LogP contribution in [0.5, 0.6) is 0 Å². The van der Waals surface area contributed by atoms with Gasteiger partial charge in [-0.25, -0.2) is 4.57 Å². The standard InChI is InChI=1S/C34H67O12P/c1-3-5-7-9-11-12-13-14-15-16-18-20-22-24-43-25-27(45-28(35)23-21-19-17-10-8-6-4-2)26-44-47(41,42)46-34-32(39)30(37)29(36)31(38)33(34)40/h27,29-34,36-40H,3-26H2,1-2H3,(H,41,42). The van der Waals surface area contributed by atoms with Crippen molar-refractivity contribution in [3.63, 3.8) is 0 Å². The largest absolute Gasteiger partial charge is 0.472 e. The molecule has 6 unspecified atom stereocenters. The van der Waals surface area contributed by atoms with Gasteiger partial charge in [0, 0.05) is 13.0 Å². The van der Waals surface area contributed by atoms with Crippen LogP contribution in [-0.4, -0.2) is 98.9 Å². The molecule has 12 nitrogen and oxygen atoms in total. The Morgan fingerprint density at radius 1 is 0.596 bits per heavy atom. The van der Waals surface area contributed by atoms with Gasteiger partial charge < -0.3 is 39.9 Å². The normalized spacial score (nSPS) is 25.0. The molecule has 1 aliphatic rings. The van der Waals surface area contributed by atoms with E-state index in [4.69, 9.17) is 18.5 Å². The molecule has 0 saturated heterocycles. The molecular formula is C34H67O12P. The number of aliphatic hydroxyl groups is 5. The van der Waals surface area contributed by atoms with E-state index < -0.39 is 63.1 Å². The fourth-order valence-corrected chi connectivity index (χ4v) is 6.68. The maximum absolute atomic E-state index is 12.7. The van der Waals surface area contributed by atoms with Gasteiger partial charge in [0.25, 0.3) is 0 Å². The van der Waals surface area contributed by atoms with Crippen molar-refractivity contribution >= 4 is 13.8 Å². The second-order valence-corrected chi connectivity index (χ2v) is 14.5. The molecule has 47 heavy (non-hydrogen) atoms. The molecule has 1 saturated carbocycles. The maximum atomic E-state index is 12.7. The molecule has 6 N–H and O–H groups in total. The third kappa shape index (κ3) is 20.6. The number of rotatable bonds is 30. The number of ether oxygens (including phenoxy) is 2. The van der Waals surface area contributed by atoms with Crippen molar-refractivity contribution in [2.75, 3.05) is 19.8 Å². The van der Waals surface area contributed by atoms with Gasteiger partial charge in [0.2, 0.25) is 0 Å². The number of hydrogen-bond donors (Lipinski definition) is 6. The molecule has 0 aromatic heterocycles. The highest BCUT2D eigenvalue weighted by Crippen LogP contribution is 2.47. The molecule has 0 bridgehead atoms. The lowest BCUT2D eigenvalue weighted by Gasteiger charge is -2.41. The topological polar surface area (TPSA) is 192 Å². The average Bonchev–Trinajstić information content (AvgIpc) is 3.05. The van der Waals surface area contributed by atoms with Gasteiger partial charge in [0.05, 0.1) is 13.2 Å². The summed E-state index contributed by atoms with van der Waals surface area (Å²) in [5.74, 6) is -0.483. The van der Waals surface area contributed by atoms with E-state index >= 15 is 0 Å². The summed E-state index contributed by atoms with van der Waals surface area (Å²) < 4.78 is 33.8. The Morgan fingerprint density at radius 3 is 1.47 bits per heavy atom. The molecule has 0 heterocycles. The average molecular weight is 699 g/mol. The monoisotopic (exact) mass is 698 g/mol. The number of carbonyl (C=O) groups is 1. The summed E-state index contributed by atoms with van der Waals surface area (Å²) in [5.41, 5.74) is 0. The predicted molar refractivity (Wildman–Crippen MR) is 180 cm³/mol. The number of hydrogen-bond acceptors (Lipinski definition) is 11. The highest BCUT2D eigenvalue weighted by molar-refractivity contribution is 7.47. The van der Waals surface area contributed by atoms with Gasteiger partial charge in [0.1, 0.15) is 42.7 Å². The number of phosphoric acid groups is 1. The van der Waals surface area contributed by atoms with Crippen LogP contribution < -0.4 is 0 Å². The number of carbonyl (C=O) groups excluding carboxylic acids is 1. The Kier molecular flexibility index (Phi) is 25.6. The van der Waals surface area contributed by atoms with E-state index in [1.807, 2.05) is 0 Å². The molecular weight excluding hydrogens is 631 g/mol. The third-order valence-corrected chi connectivity index (χ3v) is 9.72. The molecule has 1 rings (SSSR count). The molecule has 0 aromatic rings. The van der Waals surface area contributed by atoms with Crippen LogP contribution in [0, 0.1) is 0 Å². The minimum atomic E-state index is -4.99. The summed E-state index contributed by atoms with van der Waals surface area (Å²) in [5, 5.41) is 49.8. The number of aliphatic hydroxyl groups excluding tert-OH is 5. The minimum Gasteiger partial charge on any atom is -0.457 e. The Bertz CT molecular complexity index is 802. The molecule has 1 aliphatic carbocycles. The van der Waals surface area contributed by atoms with Crippen molar-refractivity contribution in [3.05, 3.63) is 0 Å². The maximum Gasteiger partial charge on any atom is 0.472 e. The number of phosphoric ester groups is 1. The van der Waals surface area contributed by atoms with E-state index in [1.165, 1.54) is 77.0 Å². The molecule has 0 aromatic carbocycles. The summed E-state index contributed by atoms with van der Waals surface area (Å²) in [4.78, 5) is 22.8. The fraction of sp³-hybridized carbons (Fsp3) is 0.971. The Morgan fingerprint density at radius 2 is 1.00 bits per heavy atom. The first-order chi connectivity index (χ1) is 22.5. The number of esters is 1. The first kappa shape index (κ1) is 44.4. The van der Waals surface area contributed by atoms with Gasteiger partial charge in [0.15, 0.2) is 0 Å². The van der Waals surface area contributed by atoms with Crippen LogP contribution in [0.2, 0.25) is 0 Å². The lowest BCUT2D eigenvalue weighted by molar-refractivity contribution is -0.220.